The number of unbranched alkanes of at least 4 members (excludes halogenated alkanes) is 16. The predicted molar refractivity (Wildman–Crippen MR) is 153 cm³/mol. The molecule has 196 valence electrons. The third-order valence-corrected chi connectivity index (χ3v) is 6.90. The zero-order valence-corrected chi connectivity index (χ0v) is 23.6. The van der Waals surface area contributed by atoms with Crippen LogP contribution in [0.5, 0.6) is 0 Å². The van der Waals surface area contributed by atoms with Crippen molar-refractivity contribution >= 4 is 0 Å². The van der Waals surface area contributed by atoms with Crippen molar-refractivity contribution in [2.45, 2.75) is 155 Å². The fraction of sp³-hybridized carbons (Fsp3) is 0.875. The van der Waals surface area contributed by atoms with Gasteiger partial charge in [-0.25, -0.2) is 0 Å². The van der Waals surface area contributed by atoms with Gasteiger partial charge < -0.3 is 4.90 Å². The first-order chi connectivity index (χ1) is 16.2. The maximum Gasteiger partial charge on any atom is 0.000356 e. The monoisotopic (exact) mass is 461 g/mol. The summed E-state index contributed by atoms with van der Waals surface area (Å²) in [6, 6.07) is 0. The molecule has 0 N–H and O–H groups in total. The lowest BCUT2D eigenvalue weighted by atomic mass is 9.93. The molecular formula is C32H63N. The molecule has 33 heavy (non-hydrogen) atoms. The molecule has 1 heteroatoms. The second kappa shape index (κ2) is 27.7. The molecule has 1 nitrogen and oxygen atoms in total. The molecule has 0 aromatic heterocycles. The summed E-state index contributed by atoms with van der Waals surface area (Å²) >= 11 is 0. The minimum atomic E-state index is 0.925. The van der Waals surface area contributed by atoms with Crippen LogP contribution < -0.4 is 0 Å². The molecule has 0 spiro atoms. The molecule has 1 unspecified atom stereocenters. The van der Waals surface area contributed by atoms with Gasteiger partial charge in [0.15, 0.2) is 0 Å². The molecule has 0 aromatic rings. The SMILES string of the molecule is CCCCC/C=C/C/C=C\CCCCCCCCCC(CCCCCCCCC)CN(C)C. The van der Waals surface area contributed by atoms with Crippen LogP contribution in [-0.4, -0.2) is 25.5 Å². The molecule has 0 saturated carbocycles. The van der Waals surface area contributed by atoms with Crippen LogP contribution in [0, 0.1) is 5.92 Å². The minimum absolute atomic E-state index is 0.925. The van der Waals surface area contributed by atoms with Gasteiger partial charge in [0.2, 0.25) is 0 Å². The van der Waals surface area contributed by atoms with E-state index in [0.717, 1.165) is 12.3 Å². The molecule has 0 heterocycles. The van der Waals surface area contributed by atoms with Gasteiger partial charge in [-0.2, -0.15) is 0 Å². The highest BCUT2D eigenvalue weighted by Gasteiger charge is 2.09. The molecule has 0 fully saturated rings. The van der Waals surface area contributed by atoms with Crippen molar-refractivity contribution in [1.29, 1.82) is 0 Å². The summed E-state index contributed by atoms with van der Waals surface area (Å²) in [4.78, 5) is 2.41. The standard InChI is InChI=1S/C32H63N/c1-5-7-9-11-13-14-15-16-17-18-19-20-21-22-24-26-28-30-32(31-33(3)4)29-27-25-23-12-10-8-6-2/h13-14,16-17,32H,5-12,15,18-31H2,1-4H3/b14-13+,17-16-. The summed E-state index contributed by atoms with van der Waals surface area (Å²) in [5.41, 5.74) is 0. The fourth-order valence-electron chi connectivity index (χ4n) is 4.83. The first kappa shape index (κ1) is 32.4. The highest BCUT2D eigenvalue weighted by molar-refractivity contribution is 4.92. The average Bonchev–Trinajstić information content (AvgIpc) is 2.80. The summed E-state index contributed by atoms with van der Waals surface area (Å²) < 4.78 is 0. The van der Waals surface area contributed by atoms with E-state index in [2.05, 4.69) is 57.1 Å². The van der Waals surface area contributed by atoms with Gasteiger partial charge >= 0.3 is 0 Å². The van der Waals surface area contributed by atoms with Crippen molar-refractivity contribution in [2.75, 3.05) is 20.6 Å². The molecular weight excluding hydrogens is 398 g/mol. The van der Waals surface area contributed by atoms with Crippen LogP contribution in [0.3, 0.4) is 0 Å². The smallest absolute Gasteiger partial charge is 0.000356 e. The normalized spacial score (nSPS) is 13.1. The van der Waals surface area contributed by atoms with Gasteiger partial charge in [0.05, 0.1) is 0 Å². The summed E-state index contributed by atoms with van der Waals surface area (Å²) in [5, 5.41) is 0. The molecule has 0 amide bonds. The summed E-state index contributed by atoms with van der Waals surface area (Å²) in [5.74, 6) is 0.925. The van der Waals surface area contributed by atoms with Crippen LogP contribution in [0.25, 0.3) is 0 Å². The van der Waals surface area contributed by atoms with Crippen molar-refractivity contribution in [2.24, 2.45) is 5.92 Å². The van der Waals surface area contributed by atoms with Crippen LogP contribution in [0.1, 0.15) is 155 Å². The molecule has 1 atom stereocenters. The van der Waals surface area contributed by atoms with Gasteiger partial charge in [-0.1, -0.05) is 134 Å². The molecule has 0 aliphatic heterocycles. The van der Waals surface area contributed by atoms with E-state index >= 15 is 0 Å². The van der Waals surface area contributed by atoms with E-state index in [0.29, 0.717) is 0 Å². The van der Waals surface area contributed by atoms with Crippen LogP contribution >= 0.6 is 0 Å². The first-order valence-corrected chi connectivity index (χ1v) is 15.1. The van der Waals surface area contributed by atoms with E-state index in [9.17, 15) is 0 Å². The highest BCUT2D eigenvalue weighted by Crippen LogP contribution is 2.20. The van der Waals surface area contributed by atoms with Gasteiger partial charge in [0.1, 0.15) is 0 Å². The lowest BCUT2D eigenvalue weighted by molar-refractivity contribution is 0.286. The Balaban J connectivity index is 3.54. The summed E-state index contributed by atoms with van der Waals surface area (Å²) in [7, 11) is 4.50. The van der Waals surface area contributed by atoms with Gasteiger partial charge in [-0.05, 0) is 65.0 Å². The largest absolute Gasteiger partial charge is 0.309 e. The highest BCUT2D eigenvalue weighted by atomic mass is 15.1. The number of hydrogen-bond acceptors (Lipinski definition) is 1. The third-order valence-electron chi connectivity index (χ3n) is 6.90. The zero-order chi connectivity index (χ0) is 24.2. The Morgan fingerprint density at radius 3 is 1.36 bits per heavy atom. The topological polar surface area (TPSA) is 3.24 Å². The molecule has 0 aliphatic rings. The van der Waals surface area contributed by atoms with E-state index in [1.807, 2.05) is 0 Å². The lowest BCUT2D eigenvalue weighted by Gasteiger charge is -2.21. The van der Waals surface area contributed by atoms with Crippen LogP contribution in [0.2, 0.25) is 0 Å². The van der Waals surface area contributed by atoms with Gasteiger partial charge in [0.25, 0.3) is 0 Å². The quantitative estimate of drug-likeness (QED) is 0.0914. The van der Waals surface area contributed by atoms with Crippen molar-refractivity contribution in [1.82, 2.24) is 4.90 Å². The number of nitrogens with zero attached hydrogens (tertiary/aromatic N) is 1. The van der Waals surface area contributed by atoms with Crippen LogP contribution in [-0.2, 0) is 0 Å². The van der Waals surface area contributed by atoms with Crippen molar-refractivity contribution in [3.8, 4) is 0 Å². The number of hydrogen-bond donors (Lipinski definition) is 0. The van der Waals surface area contributed by atoms with Crippen LogP contribution in [0.15, 0.2) is 24.3 Å². The molecule has 0 radical (unpaired) electrons. The second-order valence-electron chi connectivity index (χ2n) is 10.8. The Morgan fingerprint density at radius 2 is 0.879 bits per heavy atom. The van der Waals surface area contributed by atoms with Crippen molar-refractivity contribution in [3.63, 3.8) is 0 Å². The van der Waals surface area contributed by atoms with E-state index in [-0.39, 0.29) is 0 Å². The average molecular weight is 462 g/mol. The lowest BCUT2D eigenvalue weighted by Crippen LogP contribution is -2.21. The van der Waals surface area contributed by atoms with E-state index in [4.69, 9.17) is 0 Å². The minimum Gasteiger partial charge on any atom is -0.309 e. The molecule has 0 bridgehead atoms. The maximum atomic E-state index is 2.41. The fourth-order valence-corrected chi connectivity index (χ4v) is 4.83. The number of rotatable bonds is 26. The Bertz CT molecular complexity index is 409. The number of allylic oxidation sites excluding steroid dienone is 4. The molecule has 0 aromatic carbocycles. The predicted octanol–water partition coefficient (Wildman–Crippen LogP) is 10.9. The summed E-state index contributed by atoms with van der Waals surface area (Å²) in [6.45, 7) is 5.87. The van der Waals surface area contributed by atoms with Gasteiger partial charge in [-0.3, -0.25) is 0 Å². The Kier molecular flexibility index (Phi) is 27.2. The first-order valence-electron chi connectivity index (χ1n) is 15.1. The molecule has 0 saturated heterocycles. The van der Waals surface area contributed by atoms with Crippen LogP contribution in [0.4, 0.5) is 0 Å². The van der Waals surface area contributed by atoms with E-state index < -0.39 is 0 Å². The van der Waals surface area contributed by atoms with Crippen molar-refractivity contribution in [3.05, 3.63) is 24.3 Å². The zero-order valence-electron chi connectivity index (χ0n) is 23.6. The maximum absolute atomic E-state index is 2.41. The van der Waals surface area contributed by atoms with Gasteiger partial charge in [-0.15, -0.1) is 0 Å². The summed E-state index contributed by atoms with van der Waals surface area (Å²) in [6.07, 6.45) is 40.1. The van der Waals surface area contributed by atoms with E-state index in [1.165, 1.54) is 141 Å². The van der Waals surface area contributed by atoms with Crippen molar-refractivity contribution < 1.29 is 0 Å². The Morgan fingerprint density at radius 1 is 0.485 bits per heavy atom. The Labute approximate surface area is 210 Å². The molecule has 0 aliphatic carbocycles. The third kappa shape index (κ3) is 27.6. The second-order valence-corrected chi connectivity index (χ2v) is 10.8. The molecule has 0 rings (SSSR count). The Hall–Kier alpha value is -0.560. The van der Waals surface area contributed by atoms with Gasteiger partial charge in [0, 0.05) is 6.54 Å². The van der Waals surface area contributed by atoms with E-state index in [1.54, 1.807) is 0 Å².